The molecular weight excluding hydrogens is 338 g/mol. The van der Waals surface area contributed by atoms with Gasteiger partial charge in [-0.1, -0.05) is 48.5 Å². The molecule has 2 amide bonds. The monoisotopic (exact) mass is 361 g/mol. The van der Waals surface area contributed by atoms with Gasteiger partial charge in [-0.25, -0.2) is 0 Å². The maximum Gasteiger partial charge on any atom is 0.256 e. The number of aromatic nitrogens is 1. The highest BCUT2D eigenvalue weighted by molar-refractivity contribution is 6.08. The summed E-state index contributed by atoms with van der Waals surface area (Å²) in [4.78, 5) is 29.0. The van der Waals surface area contributed by atoms with Gasteiger partial charge in [0.05, 0.1) is 5.56 Å². The molecule has 2 aromatic carbocycles. The number of piperazine rings is 1. The molecule has 0 N–H and O–H groups in total. The zero-order chi connectivity index (χ0) is 19.0. The molecule has 5 heteroatoms. The number of carbonyl (C=O) groups excluding carboxylic acids is 2. The average Bonchev–Trinajstić information content (AvgIpc) is 3.05. The lowest BCUT2D eigenvalue weighted by Crippen LogP contribution is -2.56. The van der Waals surface area contributed by atoms with Gasteiger partial charge in [-0.2, -0.15) is 0 Å². The number of fused-ring (bicyclic) bond motifs is 1. The molecule has 1 saturated heterocycles. The fourth-order valence-corrected chi connectivity index (χ4v) is 3.77. The fraction of sp³-hybridized carbons (Fsp3) is 0.273. The predicted octanol–water partition coefficient (Wildman–Crippen LogP) is 2.99. The second-order valence-electron chi connectivity index (χ2n) is 7.11. The summed E-state index contributed by atoms with van der Waals surface area (Å²) < 4.78 is 2.11. The molecule has 0 saturated carbocycles. The number of carbonyl (C=O) groups is 2. The van der Waals surface area contributed by atoms with Crippen LogP contribution in [0.4, 0.5) is 0 Å². The van der Waals surface area contributed by atoms with Crippen LogP contribution in [0, 0.1) is 0 Å². The van der Waals surface area contributed by atoms with Gasteiger partial charge in [0.2, 0.25) is 5.91 Å². The van der Waals surface area contributed by atoms with E-state index in [4.69, 9.17) is 0 Å². The van der Waals surface area contributed by atoms with Crippen molar-refractivity contribution in [3.05, 3.63) is 71.9 Å². The van der Waals surface area contributed by atoms with Crippen LogP contribution in [0.2, 0.25) is 0 Å². The number of likely N-dealkylation sites (N-methyl/N-ethyl adjacent to an activating group) is 1. The zero-order valence-electron chi connectivity index (χ0n) is 15.6. The first-order valence-corrected chi connectivity index (χ1v) is 9.24. The molecule has 1 fully saturated rings. The Morgan fingerprint density at radius 1 is 1.04 bits per heavy atom. The third-order valence-corrected chi connectivity index (χ3v) is 5.35. The van der Waals surface area contributed by atoms with Gasteiger partial charge in [0.15, 0.2) is 0 Å². The minimum absolute atomic E-state index is 0.0115. The number of amides is 2. The van der Waals surface area contributed by atoms with Crippen LogP contribution in [-0.2, 0) is 11.3 Å². The molecular formula is C22H23N3O2. The van der Waals surface area contributed by atoms with Gasteiger partial charge >= 0.3 is 0 Å². The van der Waals surface area contributed by atoms with Crippen LogP contribution in [0.25, 0.3) is 10.9 Å². The summed E-state index contributed by atoms with van der Waals surface area (Å²) in [6, 6.07) is 17.7. The van der Waals surface area contributed by atoms with E-state index in [-0.39, 0.29) is 11.8 Å². The minimum Gasteiger partial charge on any atom is -0.342 e. The highest BCUT2D eigenvalue weighted by atomic mass is 16.2. The number of hydrogen-bond acceptors (Lipinski definition) is 2. The quantitative estimate of drug-likeness (QED) is 0.720. The first kappa shape index (κ1) is 17.3. The van der Waals surface area contributed by atoms with Crippen molar-refractivity contribution in [2.45, 2.75) is 19.5 Å². The van der Waals surface area contributed by atoms with E-state index >= 15 is 0 Å². The molecule has 1 aromatic heterocycles. The second-order valence-corrected chi connectivity index (χ2v) is 7.11. The molecule has 0 bridgehead atoms. The molecule has 2 heterocycles. The van der Waals surface area contributed by atoms with Crippen molar-refractivity contribution >= 4 is 22.7 Å². The first-order valence-electron chi connectivity index (χ1n) is 9.24. The normalized spacial score (nSPS) is 17.6. The van der Waals surface area contributed by atoms with Crippen LogP contribution in [0.5, 0.6) is 0 Å². The minimum atomic E-state index is -0.438. The predicted molar refractivity (Wildman–Crippen MR) is 106 cm³/mol. The molecule has 1 aliphatic rings. The Hall–Kier alpha value is -3.08. The van der Waals surface area contributed by atoms with Gasteiger partial charge in [0, 0.05) is 43.8 Å². The van der Waals surface area contributed by atoms with Crippen LogP contribution in [0.1, 0.15) is 22.8 Å². The number of benzene rings is 2. The summed E-state index contributed by atoms with van der Waals surface area (Å²) in [5.74, 6) is -0.0883. The van der Waals surface area contributed by atoms with Crippen LogP contribution < -0.4 is 0 Å². The molecule has 138 valence electrons. The molecule has 27 heavy (non-hydrogen) atoms. The molecule has 1 aliphatic heterocycles. The molecule has 5 nitrogen and oxygen atoms in total. The molecule has 4 rings (SSSR count). The van der Waals surface area contributed by atoms with Crippen molar-refractivity contribution in [3.8, 4) is 0 Å². The van der Waals surface area contributed by atoms with Crippen LogP contribution in [0.15, 0.2) is 60.8 Å². The van der Waals surface area contributed by atoms with E-state index in [2.05, 4.69) is 16.7 Å². The van der Waals surface area contributed by atoms with E-state index in [9.17, 15) is 9.59 Å². The molecule has 1 atom stereocenters. The lowest BCUT2D eigenvalue weighted by molar-refractivity contribution is -0.137. The lowest BCUT2D eigenvalue weighted by atomic mass is 10.1. The maximum atomic E-state index is 13.3. The first-order chi connectivity index (χ1) is 13.1. The van der Waals surface area contributed by atoms with Crippen molar-refractivity contribution in [2.75, 3.05) is 20.1 Å². The van der Waals surface area contributed by atoms with Gasteiger partial charge in [-0.15, -0.1) is 0 Å². The van der Waals surface area contributed by atoms with Gasteiger partial charge in [-0.3, -0.25) is 9.59 Å². The Bertz CT molecular complexity index is 993. The summed E-state index contributed by atoms with van der Waals surface area (Å²) in [5.41, 5.74) is 2.86. The van der Waals surface area contributed by atoms with Crippen LogP contribution >= 0.6 is 0 Å². The average molecular weight is 361 g/mol. The maximum absolute atomic E-state index is 13.3. The Labute approximate surface area is 158 Å². The Morgan fingerprint density at radius 3 is 2.52 bits per heavy atom. The third kappa shape index (κ3) is 3.10. The molecule has 0 unspecified atom stereocenters. The van der Waals surface area contributed by atoms with Gasteiger partial charge in [-0.05, 0) is 18.6 Å². The Kier molecular flexibility index (Phi) is 4.44. The second kappa shape index (κ2) is 6.91. The highest BCUT2D eigenvalue weighted by Crippen LogP contribution is 2.25. The molecule has 0 aliphatic carbocycles. The van der Waals surface area contributed by atoms with E-state index in [1.807, 2.05) is 48.7 Å². The van der Waals surface area contributed by atoms with E-state index in [1.165, 1.54) is 5.56 Å². The molecule has 3 aromatic rings. The van der Waals surface area contributed by atoms with Gasteiger partial charge < -0.3 is 14.4 Å². The topological polar surface area (TPSA) is 45.6 Å². The summed E-state index contributed by atoms with van der Waals surface area (Å²) >= 11 is 0. The van der Waals surface area contributed by atoms with E-state index in [1.54, 1.807) is 23.8 Å². The standard InChI is InChI=1S/C22H23N3O2/c1-16-21(26)23(2)12-13-25(16)22(27)19-15-24(14-17-8-4-3-5-9-17)20-11-7-6-10-18(19)20/h3-11,15-16H,12-14H2,1-2H3/t16-/m0/s1. The van der Waals surface area contributed by atoms with Crippen LogP contribution in [0.3, 0.4) is 0 Å². The summed E-state index contributed by atoms with van der Waals surface area (Å²) in [7, 11) is 1.78. The lowest BCUT2D eigenvalue weighted by Gasteiger charge is -2.37. The number of para-hydroxylation sites is 1. The summed E-state index contributed by atoms with van der Waals surface area (Å²) in [5, 5.41) is 0.928. The smallest absolute Gasteiger partial charge is 0.256 e. The Morgan fingerprint density at radius 2 is 1.74 bits per heavy atom. The highest BCUT2D eigenvalue weighted by Gasteiger charge is 2.34. The van der Waals surface area contributed by atoms with Crippen molar-refractivity contribution < 1.29 is 9.59 Å². The van der Waals surface area contributed by atoms with Gasteiger partial charge in [0.1, 0.15) is 6.04 Å². The van der Waals surface area contributed by atoms with Crippen molar-refractivity contribution in [2.24, 2.45) is 0 Å². The van der Waals surface area contributed by atoms with Gasteiger partial charge in [0.25, 0.3) is 5.91 Å². The SMILES string of the molecule is C[C@H]1C(=O)N(C)CCN1C(=O)c1cn(Cc2ccccc2)c2ccccc12. The third-order valence-electron chi connectivity index (χ3n) is 5.35. The van der Waals surface area contributed by atoms with E-state index in [0.29, 0.717) is 25.2 Å². The Balaban J connectivity index is 1.72. The van der Waals surface area contributed by atoms with Crippen molar-refractivity contribution in [3.63, 3.8) is 0 Å². The van der Waals surface area contributed by atoms with Crippen molar-refractivity contribution in [1.82, 2.24) is 14.4 Å². The number of nitrogens with zero attached hydrogens (tertiary/aromatic N) is 3. The fourth-order valence-electron chi connectivity index (χ4n) is 3.77. The van der Waals surface area contributed by atoms with E-state index in [0.717, 1.165) is 10.9 Å². The number of hydrogen-bond donors (Lipinski definition) is 0. The largest absolute Gasteiger partial charge is 0.342 e. The summed E-state index contributed by atoms with van der Waals surface area (Å²) in [6.45, 7) is 3.63. The molecule has 0 radical (unpaired) electrons. The van der Waals surface area contributed by atoms with Crippen molar-refractivity contribution in [1.29, 1.82) is 0 Å². The number of rotatable bonds is 3. The van der Waals surface area contributed by atoms with Crippen LogP contribution in [-0.4, -0.2) is 52.4 Å². The summed E-state index contributed by atoms with van der Waals surface area (Å²) in [6.07, 6.45) is 1.93. The zero-order valence-corrected chi connectivity index (χ0v) is 15.6. The van der Waals surface area contributed by atoms with E-state index < -0.39 is 6.04 Å². The molecule has 0 spiro atoms.